The predicted octanol–water partition coefficient (Wildman–Crippen LogP) is 2.74. The summed E-state index contributed by atoms with van der Waals surface area (Å²) in [5, 5.41) is 3.04. The van der Waals surface area contributed by atoms with Gasteiger partial charge in [0.1, 0.15) is 13.2 Å². The number of rotatable bonds is 8. The highest BCUT2D eigenvalue weighted by Crippen LogP contribution is 2.33. The Bertz CT molecular complexity index is 1020. The summed E-state index contributed by atoms with van der Waals surface area (Å²) < 4.78 is 21.8. The van der Waals surface area contributed by atoms with Crippen LogP contribution < -0.4 is 24.3 Å². The minimum absolute atomic E-state index is 0.00242. The molecule has 2 aliphatic rings. The first-order chi connectivity index (χ1) is 16.0. The van der Waals surface area contributed by atoms with Crippen LogP contribution in [0.25, 0.3) is 0 Å². The van der Waals surface area contributed by atoms with E-state index >= 15 is 0 Å². The molecule has 0 bridgehead atoms. The molecular weight excluding hydrogens is 424 g/mol. The highest BCUT2D eigenvalue weighted by molar-refractivity contribution is 5.89. The molecule has 2 aromatic rings. The number of methoxy groups -OCH3 is 2. The first-order valence-electron chi connectivity index (χ1n) is 11.2. The van der Waals surface area contributed by atoms with E-state index in [9.17, 15) is 9.59 Å². The van der Waals surface area contributed by atoms with Crippen LogP contribution in [0.3, 0.4) is 0 Å². The first-order valence-corrected chi connectivity index (χ1v) is 11.2. The van der Waals surface area contributed by atoms with Gasteiger partial charge in [-0.3, -0.25) is 9.59 Å². The fraction of sp³-hybridized carbons (Fsp3) is 0.440. The lowest BCUT2D eigenvalue weighted by Crippen LogP contribution is -2.35. The molecule has 33 heavy (non-hydrogen) atoms. The normalized spacial score (nSPS) is 18.1. The molecule has 0 saturated carbocycles. The fourth-order valence-corrected chi connectivity index (χ4v) is 4.21. The molecule has 2 atom stereocenters. The summed E-state index contributed by atoms with van der Waals surface area (Å²) in [6, 6.07) is 11.2. The van der Waals surface area contributed by atoms with E-state index in [1.165, 1.54) is 0 Å². The van der Waals surface area contributed by atoms with E-state index in [4.69, 9.17) is 18.9 Å². The molecule has 0 spiro atoms. The standard InChI is InChI=1S/C25H30N2O6/c1-16(18-5-7-21-23(13-18)33-11-10-32-21)26-25(29)19-14-24(28)27(15-19)9-8-17-4-6-20(30-2)22(12-17)31-3/h4-7,12-13,16,19H,8-11,14-15H2,1-3H3,(H,26,29)/t16-,19+/m0/s1. The Morgan fingerprint density at radius 1 is 1.09 bits per heavy atom. The van der Waals surface area contributed by atoms with E-state index in [1.54, 1.807) is 19.1 Å². The molecule has 0 aliphatic carbocycles. The molecule has 1 N–H and O–H groups in total. The summed E-state index contributed by atoms with van der Waals surface area (Å²) >= 11 is 0. The van der Waals surface area contributed by atoms with Crippen molar-refractivity contribution in [1.29, 1.82) is 0 Å². The second kappa shape index (κ2) is 10.0. The number of likely N-dealkylation sites (tertiary alicyclic amines) is 1. The highest BCUT2D eigenvalue weighted by Gasteiger charge is 2.34. The van der Waals surface area contributed by atoms with Crippen LogP contribution >= 0.6 is 0 Å². The number of carbonyl (C=O) groups excluding carboxylic acids is 2. The van der Waals surface area contributed by atoms with Gasteiger partial charge in [-0.15, -0.1) is 0 Å². The van der Waals surface area contributed by atoms with E-state index in [-0.39, 0.29) is 30.2 Å². The number of nitrogens with zero attached hydrogens (tertiary/aromatic N) is 1. The number of ether oxygens (including phenoxy) is 4. The Labute approximate surface area is 193 Å². The van der Waals surface area contributed by atoms with Gasteiger partial charge in [-0.25, -0.2) is 0 Å². The second-order valence-corrected chi connectivity index (χ2v) is 8.31. The maximum absolute atomic E-state index is 12.9. The second-order valence-electron chi connectivity index (χ2n) is 8.31. The van der Waals surface area contributed by atoms with E-state index < -0.39 is 0 Å². The molecule has 0 aromatic heterocycles. The Balaban J connectivity index is 1.31. The van der Waals surface area contributed by atoms with Gasteiger partial charge < -0.3 is 29.2 Å². The zero-order valence-electron chi connectivity index (χ0n) is 19.3. The lowest BCUT2D eigenvalue weighted by molar-refractivity contribution is -0.129. The third kappa shape index (κ3) is 5.16. The van der Waals surface area contributed by atoms with Gasteiger partial charge in [-0.1, -0.05) is 12.1 Å². The largest absolute Gasteiger partial charge is 0.493 e. The minimum atomic E-state index is -0.359. The van der Waals surface area contributed by atoms with Crippen LogP contribution in [-0.4, -0.2) is 57.2 Å². The van der Waals surface area contributed by atoms with Crippen molar-refractivity contribution in [3.63, 3.8) is 0 Å². The number of amides is 2. The molecule has 8 heteroatoms. The molecular formula is C25H30N2O6. The van der Waals surface area contributed by atoms with Crippen molar-refractivity contribution in [2.24, 2.45) is 5.92 Å². The van der Waals surface area contributed by atoms with Crippen LogP contribution in [0.15, 0.2) is 36.4 Å². The van der Waals surface area contributed by atoms with Crippen LogP contribution in [0.1, 0.15) is 30.5 Å². The van der Waals surface area contributed by atoms with E-state index in [0.717, 1.165) is 16.9 Å². The summed E-state index contributed by atoms with van der Waals surface area (Å²) in [6.45, 7) is 3.95. The summed E-state index contributed by atoms with van der Waals surface area (Å²) in [4.78, 5) is 27.1. The van der Waals surface area contributed by atoms with Crippen molar-refractivity contribution >= 4 is 11.8 Å². The molecule has 176 valence electrons. The Hall–Kier alpha value is -3.42. The number of carbonyl (C=O) groups is 2. The summed E-state index contributed by atoms with van der Waals surface area (Å²) in [6.07, 6.45) is 0.902. The van der Waals surface area contributed by atoms with E-state index in [1.807, 2.05) is 43.3 Å². The van der Waals surface area contributed by atoms with Gasteiger partial charge in [0.2, 0.25) is 11.8 Å². The average molecular weight is 455 g/mol. The smallest absolute Gasteiger partial charge is 0.225 e. The first kappa shape index (κ1) is 22.8. The minimum Gasteiger partial charge on any atom is -0.493 e. The molecule has 2 heterocycles. The number of hydrogen-bond donors (Lipinski definition) is 1. The van der Waals surface area contributed by atoms with Crippen LogP contribution in [0, 0.1) is 5.92 Å². The van der Waals surface area contributed by atoms with E-state index in [2.05, 4.69) is 5.32 Å². The van der Waals surface area contributed by atoms with Gasteiger partial charge in [0, 0.05) is 19.5 Å². The maximum Gasteiger partial charge on any atom is 0.225 e. The van der Waals surface area contributed by atoms with Gasteiger partial charge in [-0.2, -0.15) is 0 Å². The average Bonchev–Trinajstić information content (AvgIpc) is 3.22. The fourth-order valence-electron chi connectivity index (χ4n) is 4.21. The summed E-state index contributed by atoms with van der Waals surface area (Å²) in [7, 11) is 3.20. The molecule has 1 fully saturated rings. The highest BCUT2D eigenvalue weighted by atomic mass is 16.6. The number of fused-ring (bicyclic) bond motifs is 1. The van der Waals surface area contributed by atoms with Crippen molar-refractivity contribution in [2.45, 2.75) is 25.8 Å². The van der Waals surface area contributed by atoms with Crippen molar-refractivity contribution in [1.82, 2.24) is 10.2 Å². The molecule has 0 radical (unpaired) electrons. The number of hydrogen-bond acceptors (Lipinski definition) is 6. The number of benzene rings is 2. The molecule has 2 aliphatic heterocycles. The van der Waals surface area contributed by atoms with Crippen LogP contribution in [0.4, 0.5) is 0 Å². The van der Waals surface area contributed by atoms with Crippen molar-refractivity contribution in [3.05, 3.63) is 47.5 Å². The molecule has 0 unspecified atom stereocenters. The third-order valence-corrected chi connectivity index (χ3v) is 6.13. The van der Waals surface area contributed by atoms with Crippen LogP contribution in [0.5, 0.6) is 23.0 Å². The van der Waals surface area contributed by atoms with Crippen LogP contribution in [-0.2, 0) is 16.0 Å². The van der Waals surface area contributed by atoms with Gasteiger partial charge >= 0.3 is 0 Å². The monoisotopic (exact) mass is 454 g/mol. The topological polar surface area (TPSA) is 86.3 Å². The molecule has 2 amide bonds. The van der Waals surface area contributed by atoms with Crippen LogP contribution in [0.2, 0.25) is 0 Å². The van der Waals surface area contributed by atoms with Crippen molar-refractivity contribution in [3.8, 4) is 23.0 Å². The van der Waals surface area contributed by atoms with Gasteiger partial charge in [0.25, 0.3) is 0 Å². The maximum atomic E-state index is 12.9. The van der Waals surface area contributed by atoms with E-state index in [0.29, 0.717) is 50.0 Å². The third-order valence-electron chi connectivity index (χ3n) is 6.13. The zero-order chi connectivity index (χ0) is 23.4. The van der Waals surface area contributed by atoms with Gasteiger partial charge in [0.05, 0.1) is 26.2 Å². The summed E-state index contributed by atoms with van der Waals surface area (Å²) in [5.74, 6) is 2.27. The Morgan fingerprint density at radius 3 is 2.61 bits per heavy atom. The quantitative estimate of drug-likeness (QED) is 0.660. The molecule has 2 aromatic carbocycles. The SMILES string of the molecule is COc1ccc(CCN2C[C@H](C(=O)N[C@@H](C)c3ccc4c(c3)OCCO4)CC2=O)cc1OC. The Kier molecular flexibility index (Phi) is 6.91. The zero-order valence-corrected chi connectivity index (χ0v) is 19.3. The Morgan fingerprint density at radius 2 is 1.85 bits per heavy atom. The summed E-state index contributed by atoms with van der Waals surface area (Å²) in [5.41, 5.74) is 1.97. The van der Waals surface area contributed by atoms with Crippen molar-refractivity contribution in [2.75, 3.05) is 40.5 Å². The van der Waals surface area contributed by atoms with Gasteiger partial charge in [-0.05, 0) is 48.7 Å². The molecule has 4 rings (SSSR count). The van der Waals surface area contributed by atoms with Crippen molar-refractivity contribution < 1.29 is 28.5 Å². The predicted molar refractivity (Wildman–Crippen MR) is 122 cm³/mol. The number of nitrogens with one attached hydrogen (secondary N) is 1. The molecule has 8 nitrogen and oxygen atoms in total. The molecule has 1 saturated heterocycles. The van der Waals surface area contributed by atoms with Gasteiger partial charge in [0.15, 0.2) is 23.0 Å². The lowest BCUT2D eigenvalue weighted by atomic mass is 10.0. The lowest BCUT2D eigenvalue weighted by Gasteiger charge is -2.22.